The fourth-order valence-corrected chi connectivity index (χ4v) is 2.39. The largest absolute Gasteiger partial charge is 0.349 e. The number of nitrogens with one attached hydrogen (secondary N) is 1. The van der Waals surface area contributed by atoms with E-state index < -0.39 is 4.92 Å². The molecular formula is C12H7Br2ClN2O2. The van der Waals surface area contributed by atoms with E-state index in [0.717, 1.165) is 0 Å². The van der Waals surface area contributed by atoms with E-state index in [2.05, 4.69) is 37.2 Å². The van der Waals surface area contributed by atoms with Crippen LogP contribution in [0.4, 0.5) is 17.1 Å². The van der Waals surface area contributed by atoms with Gasteiger partial charge in [-0.25, -0.2) is 0 Å². The van der Waals surface area contributed by atoms with E-state index >= 15 is 0 Å². The summed E-state index contributed by atoms with van der Waals surface area (Å²) in [5.41, 5.74) is 1.05. The van der Waals surface area contributed by atoms with Crippen LogP contribution in [0, 0.1) is 10.1 Å². The number of anilines is 2. The van der Waals surface area contributed by atoms with E-state index in [1.165, 1.54) is 6.07 Å². The third-order valence-electron chi connectivity index (χ3n) is 2.38. The van der Waals surface area contributed by atoms with Crippen molar-refractivity contribution in [2.24, 2.45) is 0 Å². The van der Waals surface area contributed by atoms with Gasteiger partial charge in [0.15, 0.2) is 0 Å². The molecule has 7 heteroatoms. The lowest BCUT2D eigenvalue weighted by Gasteiger charge is -2.10. The molecule has 19 heavy (non-hydrogen) atoms. The van der Waals surface area contributed by atoms with Crippen molar-refractivity contribution in [1.29, 1.82) is 0 Å². The summed E-state index contributed by atoms with van der Waals surface area (Å²) in [7, 11) is 0. The van der Waals surface area contributed by atoms with Gasteiger partial charge < -0.3 is 5.32 Å². The smallest absolute Gasteiger partial charge is 0.293 e. The van der Waals surface area contributed by atoms with Crippen molar-refractivity contribution in [3.8, 4) is 0 Å². The summed E-state index contributed by atoms with van der Waals surface area (Å²) >= 11 is 12.5. The summed E-state index contributed by atoms with van der Waals surface area (Å²) < 4.78 is 1.31. The fourth-order valence-electron chi connectivity index (χ4n) is 1.51. The lowest BCUT2D eigenvalue weighted by atomic mass is 10.2. The Hall–Kier alpha value is -1.11. The minimum Gasteiger partial charge on any atom is -0.349 e. The molecule has 2 aromatic carbocycles. The van der Waals surface area contributed by atoms with E-state index in [4.69, 9.17) is 11.6 Å². The molecule has 1 N–H and O–H groups in total. The molecule has 0 atom stereocenters. The van der Waals surface area contributed by atoms with Crippen LogP contribution in [0.2, 0.25) is 5.02 Å². The van der Waals surface area contributed by atoms with Gasteiger partial charge in [-0.2, -0.15) is 0 Å². The van der Waals surface area contributed by atoms with Crippen LogP contribution in [-0.2, 0) is 0 Å². The first-order valence-electron chi connectivity index (χ1n) is 5.14. The maximum absolute atomic E-state index is 11.0. The number of rotatable bonds is 3. The number of hydrogen-bond acceptors (Lipinski definition) is 3. The number of nitrogens with zero attached hydrogens (tertiary/aromatic N) is 1. The van der Waals surface area contributed by atoms with Gasteiger partial charge in [-0.05, 0) is 40.2 Å². The number of nitro benzene ring substituents is 1. The highest BCUT2D eigenvalue weighted by Gasteiger charge is 2.15. The Morgan fingerprint density at radius 1 is 1.16 bits per heavy atom. The number of nitro groups is 1. The quantitative estimate of drug-likeness (QED) is 0.540. The summed E-state index contributed by atoms with van der Waals surface area (Å²) in [5.74, 6) is 0. The standard InChI is InChI=1S/C12H7Br2ClN2O2/c13-7-4-5-9(11(6-7)17(18)19)16-10-3-1-2-8(15)12(10)14/h1-6,16H. The van der Waals surface area contributed by atoms with Gasteiger partial charge in [0.1, 0.15) is 5.69 Å². The summed E-state index contributed by atoms with van der Waals surface area (Å²) in [6, 6.07) is 10.1. The molecule has 0 aliphatic heterocycles. The first kappa shape index (κ1) is 14.3. The summed E-state index contributed by atoms with van der Waals surface area (Å²) in [6.45, 7) is 0. The molecule has 0 unspecified atom stereocenters. The summed E-state index contributed by atoms with van der Waals surface area (Å²) in [4.78, 5) is 10.6. The van der Waals surface area contributed by atoms with Crippen LogP contribution in [0.25, 0.3) is 0 Å². The van der Waals surface area contributed by atoms with Crippen LogP contribution >= 0.6 is 43.5 Å². The lowest BCUT2D eigenvalue weighted by Crippen LogP contribution is -1.97. The zero-order valence-corrected chi connectivity index (χ0v) is 13.3. The molecule has 0 aromatic heterocycles. The molecule has 0 heterocycles. The number of halogens is 3. The molecule has 0 saturated carbocycles. The molecule has 2 rings (SSSR count). The van der Waals surface area contributed by atoms with Crippen LogP contribution in [0.15, 0.2) is 45.3 Å². The molecule has 0 aliphatic carbocycles. The van der Waals surface area contributed by atoms with Gasteiger partial charge in [0.2, 0.25) is 0 Å². The SMILES string of the molecule is O=[N+]([O-])c1cc(Br)ccc1Nc1cccc(Cl)c1Br. The van der Waals surface area contributed by atoms with E-state index in [9.17, 15) is 10.1 Å². The Labute approximate surface area is 131 Å². The maximum atomic E-state index is 11.0. The van der Waals surface area contributed by atoms with Crippen molar-refractivity contribution in [3.05, 3.63) is 60.5 Å². The molecule has 0 spiro atoms. The van der Waals surface area contributed by atoms with Gasteiger partial charge in [0.25, 0.3) is 5.69 Å². The second-order valence-electron chi connectivity index (χ2n) is 3.64. The zero-order valence-electron chi connectivity index (χ0n) is 9.36. The second kappa shape index (κ2) is 5.90. The Morgan fingerprint density at radius 2 is 1.89 bits per heavy atom. The molecule has 98 valence electrons. The van der Waals surface area contributed by atoms with Crippen LogP contribution in [0.1, 0.15) is 0 Å². The monoisotopic (exact) mass is 404 g/mol. The molecular weight excluding hydrogens is 399 g/mol. The normalized spacial score (nSPS) is 10.3. The summed E-state index contributed by atoms with van der Waals surface area (Å²) in [5, 5.41) is 14.6. The van der Waals surface area contributed by atoms with E-state index in [-0.39, 0.29) is 5.69 Å². The predicted molar refractivity (Wildman–Crippen MR) is 83.2 cm³/mol. The third-order valence-corrected chi connectivity index (χ3v) is 4.27. The highest BCUT2D eigenvalue weighted by Crippen LogP contribution is 2.35. The lowest BCUT2D eigenvalue weighted by molar-refractivity contribution is -0.384. The van der Waals surface area contributed by atoms with Gasteiger partial charge in [-0.15, -0.1) is 0 Å². The van der Waals surface area contributed by atoms with Gasteiger partial charge in [-0.3, -0.25) is 10.1 Å². The zero-order chi connectivity index (χ0) is 14.0. The van der Waals surface area contributed by atoms with Crippen molar-refractivity contribution in [3.63, 3.8) is 0 Å². The Bertz CT molecular complexity index is 650. The summed E-state index contributed by atoms with van der Waals surface area (Å²) in [6.07, 6.45) is 0. The minimum atomic E-state index is -0.439. The van der Waals surface area contributed by atoms with Gasteiger partial charge >= 0.3 is 0 Å². The average molecular weight is 406 g/mol. The van der Waals surface area contributed by atoms with Gasteiger partial charge in [0, 0.05) is 10.5 Å². The first-order valence-corrected chi connectivity index (χ1v) is 7.10. The van der Waals surface area contributed by atoms with Crippen LogP contribution < -0.4 is 5.32 Å². The van der Waals surface area contributed by atoms with Crippen LogP contribution in [0.3, 0.4) is 0 Å². The van der Waals surface area contributed by atoms with Crippen molar-refractivity contribution in [2.45, 2.75) is 0 Å². The average Bonchev–Trinajstić information content (AvgIpc) is 2.36. The Balaban J connectivity index is 2.44. The van der Waals surface area contributed by atoms with Crippen molar-refractivity contribution in [1.82, 2.24) is 0 Å². The second-order valence-corrected chi connectivity index (χ2v) is 5.76. The van der Waals surface area contributed by atoms with Crippen molar-refractivity contribution < 1.29 is 4.92 Å². The highest BCUT2D eigenvalue weighted by atomic mass is 79.9. The fraction of sp³-hybridized carbons (Fsp3) is 0. The Kier molecular flexibility index (Phi) is 4.44. The van der Waals surface area contributed by atoms with Gasteiger partial charge in [0.05, 0.1) is 20.1 Å². The van der Waals surface area contributed by atoms with Crippen molar-refractivity contribution in [2.75, 3.05) is 5.32 Å². The minimum absolute atomic E-state index is 0.0127. The number of hydrogen-bond donors (Lipinski definition) is 1. The van der Waals surface area contributed by atoms with Gasteiger partial charge in [-0.1, -0.05) is 33.6 Å². The molecule has 0 amide bonds. The molecule has 0 saturated heterocycles. The third kappa shape index (κ3) is 3.26. The molecule has 0 aliphatic rings. The van der Waals surface area contributed by atoms with Crippen LogP contribution in [-0.4, -0.2) is 4.92 Å². The van der Waals surface area contributed by atoms with Crippen molar-refractivity contribution >= 4 is 60.5 Å². The number of benzene rings is 2. The molecule has 0 bridgehead atoms. The highest BCUT2D eigenvalue weighted by molar-refractivity contribution is 9.11. The first-order chi connectivity index (χ1) is 8.99. The molecule has 0 radical (unpaired) electrons. The van der Waals surface area contributed by atoms with E-state index in [1.54, 1.807) is 30.3 Å². The van der Waals surface area contributed by atoms with E-state index in [0.29, 0.717) is 25.3 Å². The molecule has 0 fully saturated rings. The predicted octanol–water partition coefficient (Wildman–Crippen LogP) is 5.52. The van der Waals surface area contributed by atoms with E-state index in [1.807, 2.05) is 0 Å². The Morgan fingerprint density at radius 3 is 2.58 bits per heavy atom. The maximum Gasteiger partial charge on any atom is 0.293 e. The topological polar surface area (TPSA) is 55.2 Å². The molecule has 4 nitrogen and oxygen atoms in total. The molecule has 2 aromatic rings. The van der Waals surface area contributed by atoms with Crippen LogP contribution in [0.5, 0.6) is 0 Å².